The summed E-state index contributed by atoms with van der Waals surface area (Å²) in [5.41, 5.74) is 1.46. The van der Waals surface area contributed by atoms with Gasteiger partial charge >= 0.3 is 0 Å². The molecule has 0 aliphatic carbocycles. The molecule has 106 valence electrons. The van der Waals surface area contributed by atoms with Gasteiger partial charge in [0.1, 0.15) is 12.1 Å². The van der Waals surface area contributed by atoms with Crippen molar-refractivity contribution in [2.45, 2.75) is 19.4 Å². The third-order valence-electron chi connectivity index (χ3n) is 3.06. The van der Waals surface area contributed by atoms with Crippen molar-refractivity contribution < 1.29 is 9.13 Å². The van der Waals surface area contributed by atoms with E-state index in [0.29, 0.717) is 17.9 Å². The van der Waals surface area contributed by atoms with Crippen LogP contribution in [0.4, 0.5) is 4.39 Å². The lowest BCUT2D eigenvalue weighted by Crippen LogP contribution is -2.24. The summed E-state index contributed by atoms with van der Waals surface area (Å²) in [5.74, 6) is 0.308. The number of hydrogen-bond acceptors (Lipinski definition) is 4. The Hall–Kier alpha value is -2.01. The first-order valence-corrected chi connectivity index (χ1v) is 6.57. The Kier molecular flexibility index (Phi) is 5.01. The summed E-state index contributed by atoms with van der Waals surface area (Å²) >= 11 is 0. The summed E-state index contributed by atoms with van der Waals surface area (Å²) in [6, 6.07) is 8.48. The first kappa shape index (κ1) is 14.4. The number of nitrogens with zero attached hydrogens (tertiary/aromatic N) is 2. The molecule has 0 saturated heterocycles. The van der Waals surface area contributed by atoms with E-state index in [2.05, 4.69) is 15.3 Å². The lowest BCUT2D eigenvalue weighted by atomic mass is 10.0. The van der Waals surface area contributed by atoms with Crippen molar-refractivity contribution in [3.63, 3.8) is 0 Å². The Labute approximate surface area is 118 Å². The molecule has 2 aromatic rings. The fourth-order valence-electron chi connectivity index (χ4n) is 2.07. The van der Waals surface area contributed by atoms with Crippen molar-refractivity contribution in [1.82, 2.24) is 15.3 Å². The van der Waals surface area contributed by atoms with Gasteiger partial charge in [-0.15, -0.1) is 0 Å². The molecule has 0 bridgehead atoms. The van der Waals surface area contributed by atoms with E-state index >= 15 is 0 Å². The molecular formula is C15H18FN3O. The van der Waals surface area contributed by atoms with Crippen molar-refractivity contribution in [2.75, 3.05) is 13.7 Å². The van der Waals surface area contributed by atoms with Gasteiger partial charge in [-0.25, -0.2) is 14.4 Å². The second-order valence-corrected chi connectivity index (χ2v) is 4.39. The molecular weight excluding hydrogens is 257 g/mol. The third-order valence-corrected chi connectivity index (χ3v) is 3.06. The highest BCUT2D eigenvalue weighted by Crippen LogP contribution is 2.20. The van der Waals surface area contributed by atoms with Crippen LogP contribution in [0, 0.1) is 5.82 Å². The third kappa shape index (κ3) is 3.51. The van der Waals surface area contributed by atoms with Crippen LogP contribution in [0.1, 0.15) is 24.2 Å². The summed E-state index contributed by atoms with van der Waals surface area (Å²) < 4.78 is 18.9. The minimum Gasteiger partial charge on any atom is -0.481 e. The minimum absolute atomic E-state index is 0.0752. The molecule has 0 amide bonds. The molecule has 1 N–H and O–H groups in total. The van der Waals surface area contributed by atoms with Crippen LogP contribution in [0.5, 0.6) is 5.88 Å². The summed E-state index contributed by atoms with van der Waals surface area (Å²) in [4.78, 5) is 8.25. The zero-order valence-electron chi connectivity index (χ0n) is 11.6. The van der Waals surface area contributed by atoms with Crippen LogP contribution in [0.15, 0.2) is 36.7 Å². The highest BCUT2D eigenvalue weighted by molar-refractivity contribution is 5.23. The second-order valence-electron chi connectivity index (χ2n) is 4.39. The first-order valence-electron chi connectivity index (χ1n) is 6.57. The quantitative estimate of drug-likeness (QED) is 0.880. The van der Waals surface area contributed by atoms with Crippen molar-refractivity contribution in [2.24, 2.45) is 0 Å². The van der Waals surface area contributed by atoms with E-state index in [0.717, 1.165) is 12.2 Å². The molecule has 1 atom stereocenters. The molecule has 0 spiro atoms. The van der Waals surface area contributed by atoms with Gasteiger partial charge in [0.2, 0.25) is 5.88 Å². The summed E-state index contributed by atoms with van der Waals surface area (Å²) in [6.07, 6.45) is 1.99. The Balaban J connectivity index is 2.24. The van der Waals surface area contributed by atoms with Gasteiger partial charge in [-0.2, -0.15) is 0 Å². The summed E-state index contributed by atoms with van der Waals surface area (Å²) in [5, 5.41) is 3.31. The van der Waals surface area contributed by atoms with Gasteiger partial charge in [-0.05, 0) is 24.6 Å². The predicted octanol–water partition coefficient (Wildman–Crippen LogP) is 2.52. The molecule has 0 fully saturated rings. The van der Waals surface area contributed by atoms with Crippen LogP contribution in [-0.4, -0.2) is 23.6 Å². The number of nitrogens with one attached hydrogen (secondary N) is 1. The maximum absolute atomic E-state index is 13.8. The van der Waals surface area contributed by atoms with Gasteiger partial charge < -0.3 is 10.1 Å². The minimum atomic E-state index is -0.198. The number of aromatic nitrogens is 2. The predicted molar refractivity (Wildman–Crippen MR) is 75.1 cm³/mol. The van der Waals surface area contributed by atoms with Gasteiger partial charge in [0.15, 0.2) is 0 Å². The Morgan fingerprint density at radius 2 is 2.10 bits per heavy atom. The van der Waals surface area contributed by atoms with Gasteiger partial charge in [-0.3, -0.25) is 0 Å². The van der Waals surface area contributed by atoms with Crippen LogP contribution in [-0.2, 0) is 6.42 Å². The van der Waals surface area contributed by atoms with Crippen LogP contribution in [0.25, 0.3) is 0 Å². The van der Waals surface area contributed by atoms with Crippen LogP contribution in [0.3, 0.4) is 0 Å². The van der Waals surface area contributed by atoms with Crippen molar-refractivity contribution in [3.05, 3.63) is 53.7 Å². The second kappa shape index (κ2) is 6.96. The topological polar surface area (TPSA) is 47.0 Å². The lowest BCUT2D eigenvalue weighted by molar-refractivity contribution is 0.393. The fraction of sp³-hybridized carbons (Fsp3) is 0.333. The molecule has 1 aromatic carbocycles. The molecule has 0 aliphatic rings. The zero-order chi connectivity index (χ0) is 14.4. The van der Waals surface area contributed by atoms with Crippen molar-refractivity contribution >= 4 is 0 Å². The zero-order valence-corrected chi connectivity index (χ0v) is 11.6. The van der Waals surface area contributed by atoms with E-state index in [1.165, 1.54) is 12.4 Å². The van der Waals surface area contributed by atoms with Gasteiger partial charge in [-0.1, -0.05) is 25.1 Å². The first-order chi connectivity index (χ1) is 9.74. The number of ether oxygens (including phenoxy) is 1. The molecule has 1 aromatic heterocycles. The maximum Gasteiger partial charge on any atom is 0.216 e. The maximum atomic E-state index is 13.8. The highest BCUT2D eigenvalue weighted by atomic mass is 19.1. The summed E-state index contributed by atoms with van der Waals surface area (Å²) in [7, 11) is 1.56. The number of likely N-dealkylation sites (N-methyl/N-ethyl adjacent to an activating group) is 1. The van der Waals surface area contributed by atoms with Crippen LogP contribution >= 0.6 is 0 Å². The van der Waals surface area contributed by atoms with Crippen LogP contribution < -0.4 is 10.1 Å². The van der Waals surface area contributed by atoms with Gasteiger partial charge in [0.05, 0.1) is 18.8 Å². The molecule has 0 aliphatic heterocycles. The number of benzene rings is 1. The molecule has 20 heavy (non-hydrogen) atoms. The lowest BCUT2D eigenvalue weighted by Gasteiger charge is -2.18. The van der Waals surface area contributed by atoms with Crippen molar-refractivity contribution in [3.8, 4) is 5.88 Å². The number of rotatable bonds is 6. The molecule has 0 radical (unpaired) electrons. The standard InChI is InChI=1S/C15H18FN3O/c1-3-17-13(8-11-6-4-5-7-12(11)16)14-9-15(20-2)19-10-18-14/h4-7,9-10,13,17H,3,8H2,1-2H3. The molecule has 1 heterocycles. The Morgan fingerprint density at radius 3 is 2.80 bits per heavy atom. The number of methoxy groups -OCH3 is 1. The average molecular weight is 275 g/mol. The normalized spacial score (nSPS) is 12.2. The highest BCUT2D eigenvalue weighted by Gasteiger charge is 2.15. The monoisotopic (exact) mass is 275 g/mol. The smallest absolute Gasteiger partial charge is 0.216 e. The average Bonchev–Trinajstić information content (AvgIpc) is 2.49. The summed E-state index contributed by atoms with van der Waals surface area (Å²) in [6.45, 7) is 2.78. The van der Waals surface area contributed by atoms with E-state index in [4.69, 9.17) is 4.74 Å². The van der Waals surface area contributed by atoms with E-state index in [9.17, 15) is 4.39 Å². The number of halogens is 1. The van der Waals surface area contributed by atoms with Crippen molar-refractivity contribution in [1.29, 1.82) is 0 Å². The van der Waals surface area contributed by atoms with Gasteiger partial charge in [0, 0.05) is 6.07 Å². The largest absolute Gasteiger partial charge is 0.481 e. The van der Waals surface area contributed by atoms with E-state index in [-0.39, 0.29) is 11.9 Å². The number of hydrogen-bond donors (Lipinski definition) is 1. The molecule has 4 nitrogen and oxygen atoms in total. The molecule has 0 saturated carbocycles. The Morgan fingerprint density at radius 1 is 1.30 bits per heavy atom. The fourth-order valence-corrected chi connectivity index (χ4v) is 2.07. The molecule has 1 unspecified atom stereocenters. The van der Waals surface area contributed by atoms with E-state index < -0.39 is 0 Å². The molecule has 5 heteroatoms. The SMILES string of the molecule is CCNC(Cc1ccccc1F)c1cc(OC)ncn1. The Bertz CT molecular complexity index is 562. The van der Waals surface area contributed by atoms with Crippen LogP contribution in [0.2, 0.25) is 0 Å². The van der Waals surface area contributed by atoms with E-state index in [1.807, 2.05) is 13.0 Å². The van der Waals surface area contributed by atoms with Gasteiger partial charge in [0.25, 0.3) is 0 Å². The van der Waals surface area contributed by atoms with E-state index in [1.54, 1.807) is 25.3 Å². The molecule has 2 rings (SSSR count).